The molecule has 3 atom stereocenters. The van der Waals surface area contributed by atoms with Crippen molar-refractivity contribution in [2.45, 2.75) is 50.4 Å². The Morgan fingerprint density at radius 2 is 2.00 bits per heavy atom. The van der Waals surface area contributed by atoms with Gasteiger partial charge in [-0.25, -0.2) is 4.79 Å². The van der Waals surface area contributed by atoms with Crippen molar-refractivity contribution < 1.29 is 4.79 Å². The Bertz CT molecular complexity index is 347. The molecule has 2 rings (SSSR count). The molecule has 22 heavy (non-hydrogen) atoms. The lowest BCUT2D eigenvalue weighted by Gasteiger charge is -2.34. The number of urea groups is 1. The van der Waals surface area contributed by atoms with Gasteiger partial charge in [0.1, 0.15) is 0 Å². The third-order valence-electron chi connectivity index (χ3n) is 4.63. The summed E-state index contributed by atoms with van der Waals surface area (Å²) in [4.78, 5) is 16.9. The van der Waals surface area contributed by atoms with Crippen molar-refractivity contribution >= 4 is 17.8 Å². The molecule has 2 aliphatic rings. The molecule has 128 valence electrons. The summed E-state index contributed by atoms with van der Waals surface area (Å²) in [6, 6.07) is 0.569. The number of thioether (sulfide) groups is 1. The van der Waals surface area contributed by atoms with E-state index in [4.69, 9.17) is 0 Å². The van der Waals surface area contributed by atoms with Crippen LogP contribution in [0.3, 0.4) is 0 Å². The smallest absolute Gasteiger partial charge is 0.315 e. The fraction of sp³-hybridized carbons (Fsp3) is 0.938. The van der Waals surface area contributed by atoms with Crippen LogP contribution in [0.4, 0.5) is 4.79 Å². The minimum Gasteiger partial charge on any atom is -0.335 e. The standard InChI is InChI=1S/C16H32N4OS/c1-4-22-15-6-5-14(11-15)18-16(21)17-13(2)12-20-9-7-19(3)8-10-20/h13-15H,4-12H2,1-3H3,(H2,17,18,21)/t13-,14+,15+/m0/s1. The van der Waals surface area contributed by atoms with Gasteiger partial charge in [0.15, 0.2) is 0 Å². The van der Waals surface area contributed by atoms with Crippen molar-refractivity contribution in [3.63, 3.8) is 0 Å². The van der Waals surface area contributed by atoms with E-state index in [2.05, 4.69) is 41.3 Å². The SMILES string of the molecule is CCS[C@@H]1CC[C@@H](NC(=O)N[C@@H](C)CN2CCN(C)CC2)C1. The van der Waals surface area contributed by atoms with Crippen molar-refractivity contribution in [2.75, 3.05) is 45.5 Å². The van der Waals surface area contributed by atoms with Gasteiger partial charge in [0.05, 0.1) is 0 Å². The maximum atomic E-state index is 12.1. The zero-order valence-electron chi connectivity index (χ0n) is 14.3. The Labute approximate surface area is 139 Å². The van der Waals surface area contributed by atoms with E-state index in [1.807, 2.05) is 11.8 Å². The Hall–Kier alpha value is -0.460. The molecule has 0 aromatic heterocycles. The van der Waals surface area contributed by atoms with Crippen LogP contribution >= 0.6 is 11.8 Å². The number of carbonyl (C=O) groups is 1. The van der Waals surface area contributed by atoms with Crippen molar-refractivity contribution in [3.8, 4) is 0 Å². The Morgan fingerprint density at radius 1 is 1.27 bits per heavy atom. The molecule has 0 spiro atoms. The highest BCUT2D eigenvalue weighted by Gasteiger charge is 2.26. The molecule has 1 saturated carbocycles. The highest BCUT2D eigenvalue weighted by molar-refractivity contribution is 7.99. The highest BCUT2D eigenvalue weighted by Crippen LogP contribution is 2.29. The average molecular weight is 329 g/mol. The third-order valence-corrected chi connectivity index (χ3v) is 5.86. The molecule has 0 bridgehead atoms. The zero-order chi connectivity index (χ0) is 15.9. The second kappa shape index (κ2) is 8.99. The summed E-state index contributed by atoms with van der Waals surface area (Å²) in [6.45, 7) is 9.70. The predicted octanol–water partition coefficient (Wildman–Crippen LogP) is 1.60. The van der Waals surface area contributed by atoms with E-state index in [1.54, 1.807) is 0 Å². The molecule has 2 fully saturated rings. The lowest BCUT2D eigenvalue weighted by atomic mass is 10.2. The van der Waals surface area contributed by atoms with Gasteiger partial charge < -0.3 is 15.5 Å². The topological polar surface area (TPSA) is 47.6 Å². The van der Waals surface area contributed by atoms with E-state index in [0.29, 0.717) is 6.04 Å². The lowest BCUT2D eigenvalue weighted by molar-refractivity contribution is 0.144. The first-order chi connectivity index (χ1) is 10.6. The Balaban J connectivity index is 1.62. The summed E-state index contributed by atoms with van der Waals surface area (Å²) in [5.41, 5.74) is 0. The van der Waals surface area contributed by atoms with Gasteiger partial charge in [-0.15, -0.1) is 0 Å². The molecule has 5 nitrogen and oxygen atoms in total. The summed E-state index contributed by atoms with van der Waals surface area (Å²) in [5, 5.41) is 6.99. The van der Waals surface area contributed by atoms with Crippen molar-refractivity contribution in [1.82, 2.24) is 20.4 Å². The molecule has 2 amide bonds. The molecule has 0 aromatic carbocycles. The molecule has 1 aliphatic carbocycles. The number of nitrogens with zero attached hydrogens (tertiary/aromatic N) is 2. The quantitative estimate of drug-likeness (QED) is 0.777. The maximum absolute atomic E-state index is 12.1. The molecule has 0 unspecified atom stereocenters. The third kappa shape index (κ3) is 5.97. The number of carbonyl (C=O) groups excluding carboxylic acids is 1. The first kappa shape index (κ1) is 17.9. The van der Waals surface area contributed by atoms with Gasteiger partial charge in [-0.3, -0.25) is 4.90 Å². The van der Waals surface area contributed by atoms with Crippen molar-refractivity contribution in [2.24, 2.45) is 0 Å². The van der Waals surface area contributed by atoms with Crippen LogP contribution < -0.4 is 10.6 Å². The van der Waals surface area contributed by atoms with Gasteiger partial charge in [-0.05, 0) is 39.0 Å². The summed E-state index contributed by atoms with van der Waals surface area (Å²) in [6.07, 6.45) is 3.48. The molecule has 0 radical (unpaired) electrons. The van der Waals surface area contributed by atoms with Gasteiger partial charge >= 0.3 is 6.03 Å². The number of nitrogens with one attached hydrogen (secondary N) is 2. The molecular formula is C16H32N4OS. The molecule has 1 saturated heterocycles. The number of hydrogen-bond acceptors (Lipinski definition) is 4. The molecule has 2 N–H and O–H groups in total. The number of rotatable bonds is 6. The Kier molecular flexibility index (Phi) is 7.31. The van der Waals surface area contributed by atoms with E-state index in [-0.39, 0.29) is 12.1 Å². The van der Waals surface area contributed by atoms with Crippen molar-refractivity contribution in [1.29, 1.82) is 0 Å². The van der Waals surface area contributed by atoms with Crippen LogP contribution in [0, 0.1) is 0 Å². The summed E-state index contributed by atoms with van der Waals surface area (Å²) in [5.74, 6) is 1.17. The van der Waals surface area contributed by atoms with Crippen LogP contribution in [0.1, 0.15) is 33.1 Å². The predicted molar refractivity (Wildman–Crippen MR) is 94.6 cm³/mol. The summed E-state index contributed by atoms with van der Waals surface area (Å²) < 4.78 is 0. The van der Waals surface area contributed by atoms with E-state index in [9.17, 15) is 4.79 Å². The number of piperazine rings is 1. The van der Waals surface area contributed by atoms with Gasteiger partial charge in [0, 0.05) is 50.1 Å². The first-order valence-corrected chi connectivity index (χ1v) is 9.71. The van der Waals surface area contributed by atoms with E-state index < -0.39 is 0 Å². The molecule has 0 aromatic rings. The number of hydrogen-bond donors (Lipinski definition) is 2. The van der Waals surface area contributed by atoms with Crippen LogP contribution in [0.2, 0.25) is 0 Å². The van der Waals surface area contributed by atoms with Crippen LogP contribution in [-0.2, 0) is 0 Å². The highest BCUT2D eigenvalue weighted by atomic mass is 32.2. The maximum Gasteiger partial charge on any atom is 0.315 e. The van der Waals surface area contributed by atoms with Crippen LogP contribution in [-0.4, -0.2) is 78.7 Å². The normalized spacial score (nSPS) is 28.5. The summed E-state index contributed by atoms with van der Waals surface area (Å²) >= 11 is 2.02. The minimum absolute atomic E-state index is 0.00813. The molecular weight excluding hydrogens is 296 g/mol. The molecule has 1 heterocycles. The van der Waals surface area contributed by atoms with Gasteiger partial charge in [0.2, 0.25) is 0 Å². The van der Waals surface area contributed by atoms with Gasteiger partial charge in [-0.1, -0.05) is 6.92 Å². The Morgan fingerprint density at radius 3 is 2.68 bits per heavy atom. The largest absolute Gasteiger partial charge is 0.335 e. The van der Waals surface area contributed by atoms with Crippen molar-refractivity contribution in [3.05, 3.63) is 0 Å². The van der Waals surface area contributed by atoms with Gasteiger partial charge in [-0.2, -0.15) is 11.8 Å². The van der Waals surface area contributed by atoms with E-state index in [1.165, 1.54) is 12.2 Å². The summed E-state index contributed by atoms with van der Waals surface area (Å²) in [7, 11) is 2.16. The lowest BCUT2D eigenvalue weighted by Crippen LogP contribution is -2.52. The molecule has 1 aliphatic heterocycles. The second-order valence-electron chi connectivity index (χ2n) is 6.71. The fourth-order valence-electron chi connectivity index (χ4n) is 3.37. The second-order valence-corrected chi connectivity index (χ2v) is 8.29. The average Bonchev–Trinajstić information content (AvgIpc) is 2.88. The van der Waals surface area contributed by atoms with Crippen LogP contribution in [0.15, 0.2) is 0 Å². The van der Waals surface area contributed by atoms with E-state index >= 15 is 0 Å². The fourth-order valence-corrected chi connectivity index (χ4v) is 4.52. The van der Waals surface area contributed by atoms with Gasteiger partial charge in [0.25, 0.3) is 0 Å². The van der Waals surface area contributed by atoms with Crippen LogP contribution in [0.5, 0.6) is 0 Å². The van der Waals surface area contributed by atoms with Crippen LogP contribution in [0.25, 0.3) is 0 Å². The first-order valence-electron chi connectivity index (χ1n) is 8.66. The number of likely N-dealkylation sites (N-methyl/N-ethyl adjacent to an activating group) is 1. The monoisotopic (exact) mass is 328 g/mol. The molecule has 6 heteroatoms. The number of amides is 2. The minimum atomic E-state index is 0.00813. The zero-order valence-corrected chi connectivity index (χ0v) is 15.1. The van der Waals surface area contributed by atoms with E-state index in [0.717, 1.165) is 50.8 Å².